The van der Waals surface area contributed by atoms with Crippen LogP contribution < -0.4 is 0 Å². The van der Waals surface area contributed by atoms with E-state index in [-0.39, 0.29) is 23.0 Å². The van der Waals surface area contributed by atoms with Gasteiger partial charge in [-0.15, -0.1) is 11.8 Å². The lowest BCUT2D eigenvalue weighted by atomic mass is 10.1. The highest BCUT2D eigenvalue weighted by atomic mass is 32.2. The number of benzene rings is 1. The number of hydrogen-bond donors (Lipinski definition) is 0. The molecule has 0 aromatic heterocycles. The molecule has 2 atom stereocenters. The molecule has 0 heterocycles. The van der Waals surface area contributed by atoms with E-state index in [9.17, 15) is 9.18 Å². The molecular formula is C12H15FO2S. The lowest BCUT2D eigenvalue weighted by Crippen LogP contribution is -2.22. The van der Waals surface area contributed by atoms with Crippen LogP contribution >= 0.6 is 11.8 Å². The first-order chi connectivity index (χ1) is 7.56. The van der Waals surface area contributed by atoms with Gasteiger partial charge in [-0.3, -0.25) is 4.79 Å². The smallest absolute Gasteiger partial charge is 0.309 e. The zero-order valence-corrected chi connectivity index (χ0v) is 10.4. The standard InChI is InChI=1S/C12H15FO2S/c1-8(12(14)15-3)9(2)16-11-7-5-4-6-10(11)13/h4-9H,1-3H3. The monoisotopic (exact) mass is 242 g/mol. The SMILES string of the molecule is COC(=O)C(C)C(C)Sc1ccccc1F. The van der Waals surface area contributed by atoms with Gasteiger partial charge in [0.1, 0.15) is 5.82 Å². The molecule has 0 bridgehead atoms. The van der Waals surface area contributed by atoms with Crippen LogP contribution in [0, 0.1) is 11.7 Å². The molecule has 88 valence electrons. The largest absolute Gasteiger partial charge is 0.469 e. The van der Waals surface area contributed by atoms with Crippen molar-refractivity contribution in [2.45, 2.75) is 24.0 Å². The Morgan fingerprint density at radius 3 is 2.56 bits per heavy atom. The van der Waals surface area contributed by atoms with E-state index in [2.05, 4.69) is 4.74 Å². The van der Waals surface area contributed by atoms with Gasteiger partial charge in [0.05, 0.1) is 13.0 Å². The van der Waals surface area contributed by atoms with Crippen molar-refractivity contribution in [3.05, 3.63) is 30.1 Å². The van der Waals surface area contributed by atoms with Gasteiger partial charge in [-0.25, -0.2) is 4.39 Å². The number of halogens is 1. The van der Waals surface area contributed by atoms with Crippen molar-refractivity contribution in [3.63, 3.8) is 0 Å². The minimum atomic E-state index is -0.267. The Kier molecular flexibility index (Phi) is 4.80. The van der Waals surface area contributed by atoms with Crippen molar-refractivity contribution >= 4 is 17.7 Å². The molecule has 0 saturated heterocycles. The summed E-state index contributed by atoms with van der Waals surface area (Å²) in [4.78, 5) is 11.9. The number of ether oxygens (including phenoxy) is 1. The summed E-state index contributed by atoms with van der Waals surface area (Å²) >= 11 is 1.35. The number of hydrogen-bond acceptors (Lipinski definition) is 3. The third-order valence-electron chi connectivity index (χ3n) is 2.43. The van der Waals surface area contributed by atoms with E-state index in [4.69, 9.17) is 0 Å². The summed E-state index contributed by atoms with van der Waals surface area (Å²) in [6.45, 7) is 3.67. The fourth-order valence-corrected chi connectivity index (χ4v) is 2.27. The highest BCUT2D eigenvalue weighted by molar-refractivity contribution is 8.00. The normalized spacial score (nSPS) is 14.2. The van der Waals surface area contributed by atoms with Crippen molar-refractivity contribution in [2.24, 2.45) is 5.92 Å². The summed E-state index contributed by atoms with van der Waals surface area (Å²) < 4.78 is 18.0. The Hall–Kier alpha value is -1.03. The third kappa shape index (κ3) is 3.23. The van der Waals surface area contributed by atoms with Crippen molar-refractivity contribution in [1.82, 2.24) is 0 Å². The van der Waals surface area contributed by atoms with Gasteiger partial charge in [-0.05, 0) is 12.1 Å². The Morgan fingerprint density at radius 2 is 2.00 bits per heavy atom. The van der Waals surface area contributed by atoms with Gasteiger partial charge in [-0.1, -0.05) is 26.0 Å². The molecule has 0 fully saturated rings. The summed E-state index contributed by atoms with van der Waals surface area (Å²) in [5, 5.41) is -0.0237. The second kappa shape index (κ2) is 5.89. The van der Waals surface area contributed by atoms with Crippen molar-refractivity contribution in [1.29, 1.82) is 0 Å². The van der Waals surface area contributed by atoms with Gasteiger partial charge < -0.3 is 4.74 Å². The van der Waals surface area contributed by atoms with Crippen LogP contribution in [0.2, 0.25) is 0 Å². The van der Waals surface area contributed by atoms with Crippen LogP contribution in [0.1, 0.15) is 13.8 Å². The molecule has 4 heteroatoms. The van der Waals surface area contributed by atoms with Crippen LogP contribution in [0.3, 0.4) is 0 Å². The summed E-state index contributed by atoms with van der Waals surface area (Å²) in [6.07, 6.45) is 0. The van der Waals surface area contributed by atoms with E-state index < -0.39 is 0 Å². The number of carbonyl (C=O) groups is 1. The zero-order chi connectivity index (χ0) is 12.1. The lowest BCUT2D eigenvalue weighted by Gasteiger charge is -2.17. The highest BCUT2D eigenvalue weighted by Crippen LogP contribution is 2.30. The predicted octanol–water partition coefficient (Wildman–Crippen LogP) is 3.12. The molecule has 0 saturated carbocycles. The van der Waals surface area contributed by atoms with E-state index in [0.717, 1.165) is 0 Å². The van der Waals surface area contributed by atoms with Crippen LogP contribution in [-0.2, 0) is 9.53 Å². The summed E-state index contributed by atoms with van der Waals surface area (Å²) in [5.74, 6) is -0.776. The zero-order valence-electron chi connectivity index (χ0n) is 9.57. The molecule has 2 nitrogen and oxygen atoms in total. The van der Waals surface area contributed by atoms with Crippen molar-refractivity contribution in [3.8, 4) is 0 Å². The molecule has 0 spiro atoms. The number of esters is 1. The van der Waals surface area contributed by atoms with Crippen molar-refractivity contribution < 1.29 is 13.9 Å². The topological polar surface area (TPSA) is 26.3 Å². The molecule has 0 N–H and O–H groups in total. The van der Waals surface area contributed by atoms with Gasteiger partial charge in [0, 0.05) is 10.1 Å². The fourth-order valence-electron chi connectivity index (χ4n) is 1.22. The average molecular weight is 242 g/mol. The van der Waals surface area contributed by atoms with Gasteiger partial charge in [0.25, 0.3) is 0 Å². The Morgan fingerprint density at radius 1 is 1.38 bits per heavy atom. The number of rotatable bonds is 4. The Balaban J connectivity index is 2.68. The number of methoxy groups -OCH3 is 1. The molecule has 0 radical (unpaired) electrons. The first-order valence-corrected chi connectivity index (χ1v) is 5.93. The summed E-state index contributed by atoms with van der Waals surface area (Å²) in [5.41, 5.74) is 0. The molecule has 1 aromatic carbocycles. The maximum absolute atomic E-state index is 13.4. The average Bonchev–Trinajstić information content (AvgIpc) is 2.30. The van der Waals surface area contributed by atoms with E-state index in [1.807, 2.05) is 6.92 Å². The molecular weight excluding hydrogens is 227 g/mol. The summed E-state index contributed by atoms with van der Waals surface area (Å²) in [6, 6.07) is 6.55. The maximum Gasteiger partial charge on any atom is 0.309 e. The van der Waals surface area contributed by atoms with Crippen LogP contribution in [0.4, 0.5) is 4.39 Å². The molecule has 0 amide bonds. The van der Waals surface area contributed by atoms with Gasteiger partial charge >= 0.3 is 5.97 Å². The predicted molar refractivity (Wildman–Crippen MR) is 62.9 cm³/mol. The Labute approximate surface area is 99.2 Å². The number of thioether (sulfide) groups is 1. The van der Waals surface area contributed by atoms with Gasteiger partial charge in [0.2, 0.25) is 0 Å². The van der Waals surface area contributed by atoms with Gasteiger partial charge in [-0.2, -0.15) is 0 Å². The molecule has 16 heavy (non-hydrogen) atoms. The molecule has 2 unspecified atom stereocenters. The van der Waals surface area contributed by atoms with Crippen LogP contribution in [0.15, 0.2) is 29.2 Å². The van der Waals surface area contributed by atoms with Crippen LogP contribution in [-0.4, -0.2) is 18.3 Å². The summed E-state index contributed by atoms with van der Waals surface area (Å²) in [7, 11) is 1.36. The van der Waals surface area contributed by atoms with E-state index in [0.29, 0.717) is 4.90 Å². The highest BCUT2D eigenvalue weighted by Gasteiger charge is 2.22. The van der Waals surface area contributed by atoms with E-state index in [1.165, 1.54) is 24.9 Å². The lowest BCUT2D eigenvalue weighted by molar-refractivity contribution is -0.144. The molecule has 0 aliphatic heterocycles. The molecule has 1 rings (SSSR count). The molecule has 1 aromatic rings. The van der Waals surface area contributed by atoms with Gasteiger partial charge in [0.15, 0.2) is 0 Å². The first kappa shape index (κ1) is 13.0. The Bertz CT molecular complexity index is 368. The second-order valence-corrected chi connectivity index (χ2v) is 4.98. The third-order valence-corrected chi connectivity index (χ3v) is 3.79. The minimum Gasteiger partial charge on any atom is -0.469 e. The fraction of sp³-hybridized carbons (Fsp3) is 0.417. The first-order valence-electron chi connectivity index (χ1n) is 5.05. The second-order valence-electron chi connectivity index (χ2n) is 3.57. The number of carbonyl (C=O) groups excluding carboxylic acids is 1. The van der Waals surface area contributed by atoms with Crippen LogP contribution in [0.25, 0.3) is 0 Å². The maximum atomic E-state index is 13.4. The van der Waals surface area contributed by atoms with E-state index >= 15 is 0 Å². The van der Waals surface area contributed by atoms with Crippen molar-refractivity contribution in [2.75, 3.05) is 7.11 Å². The molecule has 0 aliphatic carbocycles. The molecule has 0 aliphatic rings. The van der Waals surface area contributed by atoms with E-state index in [1.54, 1.807) is 25.1 Å². The quantitative estimate of drug-likeness (QED) is 0.599. The minimum absolute atomic E-state index is 0.0237. The van der Waals surface area contributed by atoms with Crippen LogP contribution in [0.5, 0.6) is 0 Å².